The summed E-state index contributed by atoms with van der Waals surface area (Å²) in [7, 11) is 0. The number of piperidine rings is 3. The lowest BCUT2D eigenvalue weighted by molar-refractivity contribution is 0.141. The molecule has 1 aromatic rings. The predicted octanol–water partition coefficient (Wildman–Crippen LogP) is 1.95. The van der Waals surface area contributed by atoms with Crippen molar-refractivity contribution in [3.63, 3.8) is 0 Å². The van der Waals surface area contributed by atoms with E-state index in [1.165, 1.54) is 45.2 Å². The second-order valence-electron chi connectivity index (χ2n) is 7.42. The molecule has 0 spiro atoms. The number of β-amino-alcohol motifs (C(OH)–C–C–N with tert-alkyl or cyclic N) is 1. The SMILES string of the molecule is OC1CCCN(c2nnc(N3CCC(N4CCCCC4)CC3)s2)C1. The second kappa shape index (κ2) is 7.54. The van der Waals surface area contributed by atoms with Gasteiger partial charge < -0.3 is 19.8 Å². The lowest BCUT2D eigenvalue weighted by Gasteiger charge is -2.40. The van der Waals surface area contributed by atoms with Gasteiger partial charge in [-0.1, -0.05) is 17.8 Å². The third-order valence-corrected chi connectivity index (χ3v) is 6.76. The molecule has 0 radical (unpaired) electrons. The van der Waals surface area contributed by atoms with Crippen LogP contribution in [0.3, 0.4) is 0 Å². The minimum absolute atomic E-state index is 0.216. The van der Waals surface area contributed by atoms with E-state index in [2.05, 4.69) is 24.9 Å². The molecule has 3 aliphatic heterocycles. The summed E-state index contributed by atoms with van der Waals surface area (Å²) in [5.74, 6) is 0. The van der Waals surface area contributed by atoms with Crippen molar-refractivity contribution in [3.8, 4) is 0 Å². The highest BCUT2D eigenvalue weighted by atomic mass is 32.1. The standard InChI is InChI=1S/C17H29N5OS/c23-15-5-4-10-22(13-15)17-19-18-16(24-17)21-11-6-14(7-12-21)20-8-2-1-3-9-20/h14-15,23H,1-13H2. The van der Waals surface area contributed by atoms with Gasteiger partial charge in [0.25, 0.3) is 0 Å². The zero-order valence-corrected chi connectivity index (χ0v) is 15.3. The molecule has 0 aliphatic carbocycles. The van der Waals surface area contributed by atoms with Crippen molar-refractivity contribution in [2.45, 2.75) is 57.1 Å². The fourth-order valence-corrected chi connectivity index (χ4v) is 5.23. The molecule has 3 saturated heterocycles. The minimum Gasteiger partial charge on any atom is -0.391 e. The van der Waals surface area contributed by atoms with E-state index >= 15 is 0 Å². The monoisotopic (exact) mass is 351 g/mol. The number of hydrogen-bond acceptors (Lipinski definition) is 7. The molecule has 1 atom stereocenters. The molecule has 7 heteroatoms. The summed E-state index contributed by atoms with van der Waals surface area (Å²) in [6.07, 6.45) is 8.39. The molecule has 24 heavy (non-hydrogen) atoms. The lowest BCUT2D eigenvalue weighted by atomic mass is 10.0. The molecule has 0 saturated carbocycles. The maximum Gasteiger partial charge on any atom is 0.210 e. The van der Waals surface area contributed by atoms with E-state index in [-0.39, 0.29) is 6.10 Å². The fourth-order valence-electron chi connectivity index (χ4n) is 4.30. The third-order valence-electron chi connectivity index (χ3n) is 5.71. The number of aliphatic hydroxyl groups is 1. The topological polar surface area (TPSA) is 55.7 Å². The van der Waals surface area contributed by atoms with Gasteiger partial charge in [-0.15, -0.1) is 10.2 Å². The summed E-state index contributed by atoms with van der Waals surface area (Å²) >= 11 is 1.69. The largest absolute Gasteiger partial charge is 0.391 e. The van der Waals surface area contributed by atoms with E-state index in [4.69, 9.17) is 0 Å². The molecule has 4 heterocycles. The van der Waals surface area contributed by atoms with Crippen LogP contribution in [0.1, 0.15) is 44.9 Å². The number of rotatable bonds is 3. The number of aromatic nitrogens is 2. The zero-order chi connectivity index (χ0) is 16.4. The Kier molecular flexibility index (Phi) is 5.20. The van der Waals surface area contributed by atoms with E-state index < -0.39 is 0 Å². The van der Waals surface area contributed by atoms with Crippen molar-refractivity contribution in [1.82, 2.24) is 15.1 Å². The van der Waals surface area contributed by atoms with Gasteiger partial charge in [0.2, 0.25) is 10.3 Å². The fraction of sp³-hybridized carbons (Fsp3) is 0.882. The van der Waals surface area contributed by atoms with Gasteiger partial charge in [0.1, 0.15) is 0 Å². The van der Waals surface area contributed by atoms with Gasteiger partial charge >= 0.3 is 0 Å². The van der Waals surface area contributed by atoms with E-state index in [9.17, 15) is 5.11 Å². The van der Waals surface area contributed by atoms with Crippen LogP contribution in [0.5, 0.6) is 0 Å². The minimum atomic E-state index is -0.216. The Morgan fingerprint density at radius 2 is 1.50 bits per heavy atom. The van der Waals surface area contributed by atoms with Crippen LogP contribution in [0.15, 0.2) is 0 Å². The first-order valence-corrected chi connectivity index (χ1v) is 10.4. The Labute approximate surface area is 148 Å². The molecule has 4 rings (SSSR count). The highest BCUT2D eigenvalue weighted by Crippen LogP contribution is 2.31. The summed E-state index contributed by atoms with van der Waals surface area (Å²) in [6, 6.07) is 0.770. The lowest BCUT2D eigenvalue weighted by Crippen LogP contribution is -2.46. The molecule has 0 bridgehead atoms. The maximum atomic E-state index is 9.85. The van der Waals surface area contributed by atoms with Crippen LogP contribution in [0.2, 0.25) is 0 Å². The Morgan fingerprint density at radius 1 is 0.792 bits per heavy atom. The molecular weight excluding hydrogens is 322 g/mol. The Morgan fingerprint density at radius 3 is 2.21 bits per heavy atom. The number of anilines is 2. The number of hydrogen-bond donors (Lipinski definition) is 1. The highest BCUT2D eigenvalue weighted by molar-refractivity contribution is 7.19. The molecular formula is C17H29N5OS. The first-order valence-electron chi connectivity index (χ1n) is 9.55. The molecule has 3 aliphatic rings. The number of likely N-dealkylation sites (tertiary alicyclic amines) is 1. The van der Waals surface area contributed by atoms with E-state index in [1.807, 2.05) is 0 Å². The van der Waals surface area contributed by atoms with Crippen LogP contribution in [0.25, 0.3) is 0 Å². The van der Waals surface area contributed by atoms with E-state index in [0.29, 0.717) is 6.54 Å². The number of nitrogens with zero attached hydrogens (tertiary/aromatic N) is 5. The van der Waals surface area contributed by atoms with Crippen molar-refractivity contribution >= 4 is 21.6 Å². The summed E-state index contributed by atoms with van der Waals surface area (Å²) in [5.41, 5.74) is 0. The van der Waals surface area contributed by atoms with Gasteiger partial charge in [-0.2, -0.15) is 0 Å². The van der Waals surface area contributed by atoms with Crippen LogP contribution >= 0.6 is 11.3 Å². The first-order chi connectivity index (χ1) is 11.8. The highest BCUT2D eigenvalue weighted by Gasteiger charge is 2.28. The van der Waals surface area contributed by atoms with Crippen molar-refractivity contribution in [1.29, 1.82) is 0 Å². The first kappa shape index (κ1) is 16.5. The average Bonchev–Trinajstić information content (AvgIpc) is 3.13. The summed E-state index contributed by atoms with van der Waals surface area (Å²) < 4.78 is 0. The molecule has 0 aromatic carbocycles. The molecule has 134 valence electrons. The van der Waals surface area contributed by atoms with Gasteiger partial charge in [-0.3, -0.25) is 0 Å². The predicted molar refractivity (Wildman–Crippen MR) is 98.0 cm³/mol. The summed E-state index contributed by atoms with van der Waals surface area (Å²) in [4.78, 5) is 7.30. The quantitative estimate of drug-likeness (QED) is 0.898. The zero-order valence-electron chi connectivity index (χ0n) is 14.4. The average molecular weight is 352 g/mol. The third kappa shape index (κ3) is 3.68. The van der Waals surface area contributed by atoms with Gasteiger partial charge in [-0.05, 0) is 51.6 Å². The Hall–Kier alpha value is -0.920. The normalized spacial score (nSPS) is 27.6. The van der Waals surface area contributed by atoms with Crippen molar-refractivity contribution in [2.24, 2.45) is 0 Å². The Bertz CT molecular complexity index is 525. The van der Waals surface area contributed by atoms with Crippen LogP contribution in [-0.4, -0.2) is 71.6 Å². The van der Waals surface area contributed by atoms with Crippen LogP contribution in [0, 0.1) is 0 Å². The van der Waals surface area contributed by atoms with E-state index in [0.717, 1.165) is 48.8 Å². The van der Waals surface area contributed by atoms with E-state index in [1.54, 1.807) is 11.3 Å². The van der Waals surface area contributed by atoms with Crippen molar-refractivity contribution < 1.29 is 5.11 Å². The molecule has 6 nitrogen and oxygen atoms in total. The second-order valence-corrected chi connectivity index (χ2v) is 8.36. The molecule has 1 N–H and O–H groups in total. The van der Waals surface area contributed by atoms with Gasteiger partial charge in [0.05, 0.1) is 6.10 Å². The smallest absolute Gasteiger partial charge is 0.210 e. The van der Waals surface area contributed by atoms with Crippen molar-refractivity contribution in [2.75, 3.05) is 49.1 Å². The molecule has 1 unspecified atom stereocenters. The summed E-state index contributed by atoms with van der Waals surface area (Å²) in [5, 5.41) is 20.7. The van der Waals surface area contributed by atoms with Crippen LogP contribution in [0.4, 0.5) is 10.3 Å². The van der Waals surface area contributed by atoms with Gasteiger partial charge in [-0.25, -0.2) is 0 Å². The number of aliphatic hydroxyl groups excluding tert-OH is 1. The summed E-state index contributed by atoms with van der Waals surface area (Å²) in [6.45, 7) is 6.47. The van der Waals surface area contributed by atoms with Crippen LogP contribution in [-0.2, 0) is 0 Å². The van der Waals surface area contributed by atoms with Gasteiger partial charge in [0, 0.05) is 32.2 Å². The maximum absolute atomic E-state index is 9.85. The Balaban J connectivity index is 1.32. The molecule has 3 fully saturated rings. The molecule has 1 aromatic heterocycles. The van der Waals surface area contributed by atoms with Crippen molar-refractivity contribution in [3.05, 3.63) is 0 Å². The van der Waals surface area contributed by atoms with Gasteiger partial charge in [0.15, 0.2) is 0 Å². The molecule has 0 amide bonds. The van der Waals surface area contributed by atoms with Crippen LogP contribution < -0.4 is 9.80 Å².